The third-order valence-electron chi connectivity index (χ3n) is 4.95. The van der Waals surface area contributed by atoms with Crippen molar-refractivity contribution >= 4 is 0 Å². The first-order valence-electron chi connectivity index (χ1n) is 8.12. The molecule has 1 aliphatic rings. The van der Waals surface area contributed by atoms with Crippen molar-refractivity contribution in [1.29, 1.82) is 0 Å². The van der Waals surface area contributed by atoms with Gasteiger partial charge in [0.1, 0.15) is 0 Å². The van der Waals surface area contributed by atoms with Crippen LogP contribution in [0.3, 0.4) is 0 Å². The monoisotopic (exact) mass is 274 g/mol. The van der Waals surface area contributed by atoms with Crippen LogP contribution in [0.25, 0.3) is 0 Å². The third kappa shape index (κ3) is 3.83. The van der Waals surface area contributed by atoms with Gasteiger partial charge in [-0.05, 0) is 44.5 Å². The number of likely N-dealkylation sites (N-methyl/N-ethyl adjacent to an activating group) is 1. The molecule has 2 heteroatoms. The summed E-state index contributed by atoms with van der Waals surface area (Å²) >= 11 is 0. The van der Waals surface area contributed by atoms with Crippen LogP contribution in [-0.2, 0) is 13.0 Å². The minimum Gasteiger partial charge on any atom is -0.311 e. The van der Waals surface area contributed by atoms with Gasteiger partial charge in [0.15, 0.2) is 0 Å². The Morgan fingerprint density at radius 1 is 1.00 bits per heavy atom. The number of hydrogen-bond donors (Lipinski definition) is 1. The zero-order valence-corrected chi connectivity index (χ0v) is 13.4. The summed E-state index contributed by atoms with van der Waals surface area (Å²) in [6, 6.07) is 9.02. The summed E-state index contributed by atoms with van der Waals surface area (Å²) in [6.45, 7) is 4.30. The van der Waals surface area contributed by atoms with Gasteiger partial charge in [0.2, 0.25) is 0 Å². The Morgan fingerprint density at radius 3 is 2.15 bits per heavy atom. The molecule has 0 aliphatic heterocycles. The highest BCUT2D eigenvalue weighted by atomic mass is 15.2. The lowest BCUT2D eigenvalue weighted by Gasteiger charge is -2.43. The van der Waals surface area contributed by atoms with Gasteiger partial charge in [-0.25, -0.2) is 0 Å². The van der Waals surface area contributed by atoms with E-state index < -0.39 is 0 Å². The molecule has 112 valence electrons. The summed E-state index contributed by atoms with van der Waals surface area (Å²) in [5.41, 5.74) is 3.19. The van der Waals surface area contributed by atoms with Crippen LogP contribution in [0.2, 0.25) is 0 Å². The van der Waals surface area contributed by atoms with Gasteiger partial charge in [0.05, 0.1) is 0 Å². The zero-order valence-electron chi connectivity index (χ0n) is 13.4. The topological polar surface area (TPSA) is 15.3 Å². The van der Waals surface area contributed by atoms with Crippen molar-refractivity contribution in [3.8, 4) is 0 Å². The fourth-order valence-electron chi connectivity index (χ4n) is 3.32. The SMILES string of the molecule is CCc1ccc(CNCC2(N(C)C)CCCCC2)cc1. The summed E-state index contributed by atoms with van der Waals surface area (Å²) in [7, 11) is 4.48. The van der Waals surface area contributed by atoms with E-state index >= 15 is 0 Å². The molecular weight excluding hydrogens is 244 g/mol. The normalized spacial score (nSPS) is 18.4. The standard InChI is InChI=1S/C18H30N2/c1-4-16-8-10-17(11-9-16)14-19-15-18(20(2)3)12-6-5-7-13-18/h8-11,19H,4-7,12-15H2,1-3H3. The molecule has 2 rings (SSSR count). The molecule has 1 saturated carbocycles. The molecule has 1 N–H and O–H groups in total. The van der Waals surface area contributed by atoms with Crippen LogP contribution in [0, 0.1) is 0 Å². The Kier molecular flexibility index (Phi) is 5.62. The highest BCUT2D eigenvalue weighted by Crippen LogP contribution is 2.31. The Labute approximate surface area is 124 Å². The van der Waals surface area contributed by atoms with Crippen molar-refractivity contribution in [1.82, 2.24) is 10.2 Å². The molecule has 0 unspecified atom stereocenters. The lowest BCUT2D eigenvalue weighted by atomic mass is 9.80. The van der Waals surface area contributed by atoms with E-state index in [1.807, 2.05) is 0 Å². The molecule has 0 atom stereocenters. The molecule has 0 bridgehead atoms. The fraction of sp³-hybridized carbons (Fsp3) is 0.667. The van der Waals surface area contributed by atoms with Crippen LogP contribution in [0.5, 0.6) is 0 Å². The number of nitrogens with zero attached hydrogens (tertiary/aromatic N) is 1. The van der Waals surface area contributed by atoms with Crippen molar-refractivity contribution in [3.63, 3.8) is 0 Å². The van der Waals surface area contributed by atoms with Gasteiger partial charge in [0, 0.05) is 18.6 Å². The average Bonchev–Trinajstić information content (AvgIpc) is 2.49. The van der Waals surface area contributed by atoms with Crippen molar-refractivity contribution < 1.29 is 0 Å². The second-order valence-corrected chi connectivity index (χ2v) is 6.45. The van der Waals surface area contributed by atoms with Gasteiger partial charge in [-0.15, -0.1) is 0 Å². The van der Waals surface area contributed by atoms with Crippen molar-refractivity contribution in [3.05, 3.63) is 35.4 Å². The molecule has 2 nitrogen and oxygen atoms in total. The summed E-state index contributed by atoms with van der Waals surface area (Å²) < 4.78 is 0. The zero-order chi connectivity index (χ0) is 14.4. The molecular formula is C18H30N2. The minimum absolute atomic E-state index is 0.377. The van der Waals surface area contributed by atoms with Crippen LogP contribution in [-0.4, -0.2) is 31.1 Å². The molecule has 0 radical (unpaired) electrons. The lowest BCUT2D eigenvalue weighted by molar-refractivity contribution is 0.0984. The quantitative estimate of drug-likeness (QED) is 0.852. The molecule has 20 heavy (non-hydrogen) atoms. The summed E-state index contributed by atoms with van der Waals surface area (Å²) in [4.78, 5) is 2.44. The van der Waals surface area contributed by atoms with Crippen LogP contribution >= 0.6 is 0 Å². The second kappa shape index (κ2) is 7.24. The molecule has 1 aromatic rings. The summed E-state index contributed by atoms with van der Waals surface area (Å²) in [5.74, 6) is 0. The minimum atomic E-state index is 0.377. The highest BCUT2D eigenvalue weighted by molar-refractivity contribution is 5.22. The molecule has 0 spiro atoms. The van der Waals surface area contributed by atoms with E-state index in [0.717, 1.165) is 19.5 Å². The number of benzene rings is 1. The van der Waals surface area contributed by atoms with Crippen LogP contribution in [0.1, 0.15) is 50.2 Å². The van der Waals surface area contributed by atoms with Gasteiger partial charge in [0.25, 0.3) is 0 Å². The largest absolute Gasteiger partial charge is 0.311 e. The Hall–Kier alpha value is -0.860. The van der Waals surface area contributed by atoms with Crippen molar-refractivity contribution in [2.45, 2.75) is 57.5 Å². The van der Waals surface area contributed by atoms with E-state index in [0.29, 0.717) is 5.54 Å². The van der Waals surface area contributed by atoms with Gasteiger partial charge in [-0.1, -0.05) is 50.5 Å². The summed E-state index contributed by atoms with van der Waals surface area (Å²) in [6.07, 6.45) is 7.96. The predicted octanol–water partition coefficient (Wildman–Crippen LogP) is 3.60. The highest BCUT2D eigenvalue weighted by Gasteiger charge is 2.33. The third-order valence-corrected chi connectivity index (χ3v) is 4.95. The van der Waals surface area contributed by atoms with E-state index in [9.17, 15) is 0 Å². The predicted molar refractivity (Wildman–Crippen MR) is 87.0 cm³/mol. The van der Waals surface area contributed by atoms with Gasteiger partial charge >= 0.3 is 0 Å². The van der Waals surface area contributed by atoms with Crippen molar-refractivity contribution in [2.24, 2.45) is 0 Å². The van der Waals surface area contributed by atoms with E-state index in [1.54, 1.807) is 0 Å². The van der Waals surface area contributed by atoms with Crippen LogP contribution < -0.4 is 5.32 Å². The Bertz CT molecular complexity index is 388. The first kappa shape index (κ1) is 15.5. The first-order chi connectivity index (χ1) is 9.66. The Balaban J connectivity index is 1.86. The molecule has 0 amide bonds. The number of rotatable bonds is 6. The molecule has 1 fully saturated rings. The van der Waals surface area contributed by atoms with Crippen LogP contribution in [0.15, 0.2) is 24.3 Å². The number of aryl methyl sites for hydroxylation is 1. The summed E-state index contributed by atoms with van der Waals surface area (Å²) in [5, 5.41) is 3.69. The van der Waals surface area contributed by atoms with Gasteiger partial charge < -0.3 is 10.2 Å². The van der Waals surface area contributed by atoms with E-state index in [-0.39, 0.29) is 0 Å². The maximum Gasteiger partial charge on any atom is 0.0328 e. The Morgan fingerprint density at radius 2 is 1.60 bits per heavy atom. The molecule has 1 aliphatic carbocycles. The maximum absolute atomic E-state index is 3.69. The molecule has 0 heterocycles. The van der Waals surface area contributed by atoms with Crippen molar-refractivity contribution in [2.75, 3.05) is 20.6 Å². The van der Waals surface area contributed by atoms with E-state index in [1.165, 1.54) is 43.2 Å². The fourth-order valence-corrected chi connectivity index (χ4v) is 3.32. The van der Waals surface area contributed by atoms with Crippen LogP contribution in [0.4, 0.5) is 0 Å². The molecule has 0 saturated heterocycles. The lowest BCUT2D eigenvalue weighted by Crippen LogP contribution is -2.52. The van der Waals surface area contributed by atoms with Gasteiger partial charge in [-0.3, -0.25) is 0 Å². The molecule has 1 aromatic carbocycles. The molecule has 0 aromatic heterocycles. The second-order valence-electron chi connectivity index (χ2n) is 6.45. The van der Waals surface area contributed by atoms with E-state index in [4.69, 9.17) is 0 Å². The van der Waals surface area contributed by atoms with Gasteiger partial charge in [-0.2, -0.15) is 0 Å². The van der Waals surface area contributed by atoms with E-state index in [2.05, 4.69) is 55.5 Å². The average molecular weight is 274 g/mol. The maximum atomic E-state index is 3.69. The first-order valence-corrected chi connectivity index (χ1v) is 8.12. The number of nitrogens with one attached hydrogen (secondary N) is 1. The number of hydrogen-bond acceptors (Lipinski definition) is 2. The smallest absolute Gasteiger partial charge is 0.0328 e.